The fraction of sp³-hybridized carbons (Fsp3) is 0.462. The van der Waals surface area contributed by atoms with Gasteiger partial charge in [0, 0.05) is 19.4 Å². The van der Waals surface area contributed by atoms with Crippen molar-refractivity contribution in [2.75, 3.05) is 19.7 Å². The molecular formula is C39H57N11O10. The van der Waals surface area contributed by atoms with Crippen LogP contribution in [-0.2, 0) is 51.2 Å². The molecule has 2 rings (SSSR count). The highest BCUT2D eigenvalue weighted by Gasteiger charge is 2.34. The minimum absolute atomic E-state index is 0.0223. The third kappa shape index (κ3) is 18.3. The van der Waals surface area contributed by atoms with Gasteiger partial charge in [-0.3, -0.25) is 38.6 Å². The molecule has 0 aliphatic rings. The summed E-state index contributed by atoms with van der Waals surface area (Å²) in [7, 11) is 0. The molecule has 0 spiro atoms. The predicted octanol–water partition coefficient (Wildman–Crippen LogP) is -3.61. The fourth-order valence-corrected chi connectivity index (χ4v) is 5.80. The van der Waals surface area contributed by atoms with Crippen LogP contribution >= 0.6 is 0 Å². The zero-order valence-electron chi connectivity index (χ0n) is 33.6. The van der Waals surface area contributed by atoms with E-state index in [2.05, 4.69) is 36.9 Å². The summed E-state index contributed by atoms with van der Waals surface area (Å²) in [5.41, 5.74) is 22.6. The number of amides is 7. The van der Waals surface area contributed by atoms with Gasteiger partial charge in [-0.2, -0.15) is 0 Å². The molecule has 0 aromatic heterocycles. The first kappa shape index (κ1) is 49.5. The molecule has 2 aromatic rings. The normalized spacial score (nSPS) is 13.8. The summed E-state index contributed by atoms with van der Waals surface area (Å²) in [5.74, 6) is -7.97. The topological polar surface area (TPSA) is 366 Å². The number of carbonyl (C=O) groups excluding carboxylic acids is 7. The molecule has 0 aliphatic carbocycles. The van der Waals surface area contributed by atoms with Crippen LogP contribution < -0.4 is 54.8 Å². The van der Waals surface area contributed by atoms with Crippen molar-refractivity contribution in [3.63, 3.8) is 0 Å². The lowest BCUT2D eigenvalue weighted by Gasteiger charge is -2.28. The van der Waals surface area contributed by atoms with E-state index >= 15 is 0 Å². The third-order valence-corrected chi connectivity index (χ3v) is 8.79. The van der Waals surface area contributed by atoms with E-state index in [-0.39, 0.29) is 50.5 Å². The molecule has 0 unspecified atom stereocenters. The number of aliphatic hydroxyl groups excluding tert-OH is 1. The molecule has 21 heteroatoms. The van der Waals surface area contributed by atoms with E-state index in [9.17, 15) is 48.6 Å². The van der Waals surface area contributed by atoms with E-state index in [0.29, 0.717) is 11.1 Å². The number of hydrogen-bond acceptors (Lipinski definition) is 11. The lowest BCUT2D eigenvalue weighted by molar-refractivity contribution is -0.142. The molecule has 21 nitrogen and oxygen atoms in total. The summed E-state index contributed by atoms with van der Waals surface area (Å²) in [6.07, 6.45) is -0.580. The molecule has 0 saturated heterocycles. The van der Waals surface area contributed by atoms with Crippen molar-refractivity contribution >= 4 is 53.3 Å². The van der Waals surface area contributed by atoms with Gasteiger partial charge < -0.3 is 65.0 Å². The average molecular weight is 840 g/mol. The van der Waals surface area contributed by atoms with Crippen LogP contribution in [0.5, 0.6) is 0 Å². The molecule has 7 amide bonds. The second-order valence-corrected chi connectivity index (χ2v) is 14.3. The predicted molar refractivity (Wildman–Crippen MR) is 219 cm³/mol. The molecule has 60 heavy (non-hydrogen) atoms. The molecule has 16 N–H and O–H groups in total. The summed E-state index contributed by atoms with van der Waals surface area (Å²) in [4.78, 5) is 108. The lowest BCUT2D eigenvalue weighted by atomic mass is 10.00. The molecule has 0 aliphatic heterocycles. The lowest BCUT2D eigenvalue weighted by Crippen LogP contribution is -2.60. The number of hydrogen-bond donors (Lipinski definition) is 12. The van der Waals surface area contributed by atoms with Gasteiger partial charge in [-0.25, -0.2) is 4.79 Å². The number of guanidine groups is 1. The number of aliphatic carboxylic acids is 1. The Morgan fingerprint density at radius 3 is 1.57 bits per heavy atom. The molecule has 2 aromatic carbocycles. The minimum Gasteiger partial charge on any atom is -0.480 e. The summed E-state index contributed by atoms with van der Waals surface area (Å²) < 4.78 is 0. The number of nitrogens with zero attached hydrogens (tertiary/aromatic N) is 1. The van der Waals surface area contributed by atoms with Gasteiger partial charge >= 0.3 is 5.97 Å². The number of primary amides is 1. The number of carboxylic acids is 1. The van der Waals surface area contributed by atoms with Gasteiger partial charge in [0.15, 0.2) is 5.96 Å². The van der Waals surface area contributed by atoms with Crippen molar-refractivity contribution in [1.29, 1.82) is 0 Å². The number of rotatable bonds is 26. The molecule has 0 heterocycles. The number of nitrogens with one attached hydrogen (secondary N) is 6. The van der Waals surface area contributed by atoms with Gasteiger partial charge in [-0.1, -0.05) is 74.5 Å². The van der Waals surface area contributed by atoms with Crippen LogP contribution in [-0.4, -0.2) is 119 Å². The van der Waals surface area contributed by atoms with Gasteiger partial charge in [-0.05, 0) is 36.3 Å². The van der Waals surface area contributed by atoms with E-state index in [1.807, 2.05) is 0 Å². The molecule has 0 fully saturated rings. The van der Waals surface area contributed by atoms with E-state index < -0.39 is 103 Å². The second-order valence-electron chi connectivity index (χ2n) is 14.3. The van der Waals surface area contributed by atoms with Gasteiger partial charge in [-0.15, -0.1) is 0 Å². The van der Waals surface area contributed by atoms with E-state index in [1.54, 1.807) is 74.5 Å². The Labute approximate surface area is 347 Å². The SMILES string of the molecule is CC(C)C[C@H](NC(=O)[C@H](Cc1ccccc1)NC(=O)[C@H](CO)NC(=O)[C@H](CC(N)=O)NC(=O)CN)C(=O)N[C@@H](CCCN=C(N)N)C(=O)N[C@@H](Cc1ccccc1)C(=O)O. The van der Waals surface area contributed by atoms with Gasteiger partial charge in [0.25, 0.3) is 0 Å². The van der Waals surface area contributed by atoms with Crippen LogP contribution in [0.1, 0.15) is 50.7 Å². The van der Waals surface area contributed by atoms with Crippen LogP contribution in [0.2, 0.25) is 0 Å². The van der Waals surface area contributed by atoms with Crippen LogP contribution in [0, 0.1) is 5.92 Å². The molecule has 0 saturated carbocycles. The van der Waals surface area contributed by atoms with Gasteiger partial charge in [0.2, 0.25) is 41.4 Å². The Bertz CT molecular complexity index is 1790. The molecular weight excluding hydrogens is 782 g/mol. The van der Waals surface area contributed by atoms with Crippen molar-refractivity contribution in [3.05, 3.63) is 71.8 Å². The minimum atomic E-state index is -1.68. The Balaban J connectivity index is 2.37. The Morgan fingerprint density at radius 1 is 0.617 bits per heavy atom. The Morgan fingerprint density at radius 2 is 1.07 bits per heavy atom. The first-order chi connectivity index (χ1) is 28.4. The highest BCUT2D eigenvalue weighted by molar-refractivity contribution is 5.98. The molecule has 6 atom stereocenters. The number of aliphatic imine (C=N–C) groups is 1. The highest BCUT2D eigenvalue weighted by atomic mass is 16.4. The van der Waals surface area contributed by atoms with Gasteiger partial charge in [0.05, 0.1) is 19.6 Å². The number of carbonyl (C=O) groups is 8. The van der Waals surface area contributed by atoms with Crippen molar-refractivity contribution in [2.45, 2.75) is 88.6 Å². The quantitative estimate of drug-likeness (QED) is 0.0248. The largest absolute Gasteiger partial charge is 0.480 e. The number of aliphatic hydroxyl groups is 1. The monoisotopic (exact) mass is 839 g/mol. The van der Waals surface area contributed by atoms with Crippen molar-refractivity contribution in [3.8, 4) is 0 Å². The van der Waals surface area contributed by atoms with E-state index in [4.69, 9.17) is 22.9 Å². The Kier molecular flexibility index (Phi) is 21.2. The van der Waals surface area contributed by atoms with E-state index in [0.717, 1.165) is 0 Å². The van der Waals surface area contributed by atoms with Crippen LogP contribution in [0.3, 0.4) is 0 Å². The maximum Gasteiger partial charge on any atom is 0.326 e. The van der Waals surface area contributed by atoms with Gasteiger partial charge in [0.1, 0.15) is 36.3 Å². The maximum atomic E-state index is 14.0. The highest BCUT2D eigenvalue weighted by Crippen LogP contribution is 2.11. The van der Waals surface area contributed by atoms with Crippen LogP contribution in [0.4, 0.5) is 0 Å². The van der Waals surface area contributed by atoms with Crippen LogP contribution in [0.25, 0.3) is 0 Å². The summed E-state index contributed by atoms with van der Waals surface area (Å²) in [5, 5.41) is 34.7. The zero-order chi connectivity index (χ0) is 44.8. The van der Waals surface area contributed by atoms with Crippen molar-refractivity contribution < 1.29 is 48.6 Å². The summed E-state index contributed by atoms with van der Waals surface area (Å²) >= 11 is 0. The third-order valence-electron chi connectivity index (χ3n) is 8.79. The van der Waals surface area contributed by atoms with Crippen molar-refractivity contribution in [2.24, 2.45) is 33.8 Å². The second kappa shape index (κ2) is 25.7. The average Bonchev–Trinajstić information content (AvgIpc) is 3.19. The molecule has 0 bridgehead atoms. The number of nitrogens with two attached hydrogens (primary N) is 4. The maximum absolute atomic E-state index is 14.0. The van der Waals surface area contributed by atoms with Crippen LogP contribution in [0.15, 0.2) is 65.7 Å². The number of benzene rings is 2. The number of carboxylic acid groups (broad SMARTS) is 1. The molecule has 0 radical (unpaired) electrons. The van der Waals surface area contributed by atoms with Crippen molar-refractivity contribution in [1.82, 2.24) is 31.9 Å². The standard InChI is InChI=1S/C39H57N11O10/c1-22(2)16-26(34(55)46-25(14-9-15-44-39(42)43)33(54)49-29(38(59)60)18-24-12-7-4-8-13-24)47-35(56)27(17-23-10-5-3-6-11-23)48-37(58)30(21-51)50-36(57)28(19-31(41)52)45-32(53)20-40/h3-8,10-13,22,25-30,51H,9,14-21,40H2,1-2H3,(H2,41,52)(H,45,53)(H,46,55)(H,47,56)(H,48,58)(H,49,54)(H,50,57)(H,59,60)(H4,42,43,44)/t25-,26-,27-,28-,29-,30-/m0/s1. The first-order valence-corrected chi connectivity index (χ1v) is 19.2. The smallest absolute Gasteiger partial charge is 0.326 e. The Hall–Kier alpha value is -6.61. The fourth-order valence-electron chi connectivity index (χ4n) is 5.80. The first-order valence-electron chi connectivity index (χ1n) is 19.2. The molecule has 328 valence electrons. The van der Waals surface area contributed by atoms with E-state index in [1.165, 1.54) is 0 Å². The summed E-state index contributed by atoms with van der Waals surface area (Å²) in [6, 6.07) is 8.55. The zero-order valence-corrected chi connectivity index (χ0v) is 33.6. The summed E-state index contributed by atoms with van der Waals surface area (Å²) in [6.45, 7) is 2.17.